The number of anilines is 1. The first-order valence-electron chi connectivity index (χ1n) is 21.1. The quantitative estimate of drug-likeness (QED) is 0.0287. The van der Waals surface area contributed by atoms with Crippen LogP contribution in [0.15, 0.2) is 106 Å². The fraction of sp³-hybridized carbons (Fsp3) is 0.409. The zero-order chi connectivity index (χ0) is 49.8. The summed E-state index contributed by atoms with van der Waals surface area (Å²) < 4.78 is 144. The monoisotopic (exact) mass is 1070 g/mol. The van der Waals surface area contributed by atoms with Gasteiger partial charge in [-0.2, -0.15) is 4.58 Å². The maximum atomic E-state index is 12.4. The Labute approximate surface area is 476 Å². The van der Waals surface area contributed by atoms with Crippen LogP contribution >= 0.6 is 0 Å². The maximum Gasteiger partial charge on any atom is 1.00 e. The minimum absolute atomic E-state index is 0. The Morgan fingerprint density at radius 3 is 1.81 bits per heavy atom. The summed E-state index contributed by atoms with van der Waals surface area (Å²) in [5.41, 5.74) is 1.44. The molecule has 0 aliphatic carbocycles. The summed E-state index contributed by atoms with van der Waals surface area (Å²) in [7, 11) is -19.1. The van der Waals surface area contributed by atoms with Crippen LogP contribution in [0.1, 0.15) is 77.3 Å². The molecular formula is C44H51N4Na3O15S4. The molecule has 3 aliphatic rings. The first-order valence-corrected chi connectivity index (χ1v) is 27.0. The topological polar surface area (TPSA) is 302 Å². The van der Waals surface area contributed by atoms with Crippen molar-refractivity contribution in [2.75, 3.05) is 42.6 Å². The number of allylic oxidation sites excluding steroid dienone is 8. The number of nitrogens with zero attached hydrogens (tertiary/aromatic N) is 3. The van der Waals surface area contributed by atoms with Crippen LogP contribution in [0, 0.1) is 0 Å². The summed E-state index contributed by atoms with van der Waals surface area (Å²) in [5.74, 6) is -2.66. The molecule has 0 spiro atoms. The number of rotatable bonds is 22. The van der Waals surface area contributed by atoms with Gasteiger partial charge in [-0.3, -0.25) is 19.3 Å². The second kappa shape index (κ2) is 25.9. The predicted molar refractivity (Wildman–Crippen MR) is 242 cm³/mol. The molecule has 0 fully saturated rings. The zero-order valence-electron chi connectivity index (χ0n) is 40.2. The number of benzene rings is 2. The van der Waals surface area contributed by atoms with Gasteiger partial charge in [-0.1, -0.05) is 51.0 Å². The fourth-order valence-electron chi connectivity index (χ4n) is 8.27. The van der Waals surface area contributed by atoms with E-state index in [1.54, 1.807) is 73.6 Å². The van der Waals surface area contributed by atoms with Crippen molar-refractivity contribution in [3.63, 3.8) is 0 Å². The third-order valence-electron chi connectivity index (χ3n) is 11.7. The average Bonchev–Trinajstić information content (AvgIpc) is 3.73. The molecule has 2 aromatic carbocycles. The molecular weight excluding hydrogens is 1020 g/mol. The molecule has 26 heteroatoms. The summed E-state index contributed by atoms with van der Waals surface area (Å²) in [4.78, 5) is 37.6. The van der Waals surface area contributed by atoms with Crippen molar-refractivity contribution in [2.24, 2.45) is 0 Å². The van der Waals surface area contributed by atoms with Crippen LogP contribution in [0.2, 0.25) is 0 Å². The first-order chi connectivity index (χ1) is 31.0. The molecule has 2 aromatic rings. The van der Waals surface area contributed by atoms with Crippen molar-refractivity contribution in [3.8, 4) is 0 Å². The Bertz CT molecular complexity index is 2970. The van der Waals surface area contributed by atoms with Gasteiger partial charge in [-0.25, -0.2) is 33.7 Å². The summed E-state index contributed by atoms with van der Waals surface area (Å²) >= 11 is 0. The van der Waals surface area contributed by atoms with Crippen LogP contribution in [0.25, 0.3) is 0 Å². The number of hydrogen-bond acceptors (Lipinski definition) is 16. The van der Waals surface area contributed by atoms with Crippen LogP contribution in [0.5, 0.6) is 0 Å². The number of fused-ring (bicyclic) bond motifs is 2. The van der Waals surface area contributed by atoms with Crippen molar-refractivity contribution in [1.82, 2.24) is 10.2 Å². The third kappa shape index (κ3) is 16.9. The average molecular weight is 1070 g/mol. The Hall–Kier alpha value is -2.14. The normalized spacial score (nSPS) is 17.3. The molecule has 3 aliphatic heterocycles. The number of carbonyl (C=O) groups excluding carboxylic acids is 3. The van der Waals surface area contributed by atoms with Gasteiger partial charge in [0.25, 0.3) is 11.8 Å². The van der Waals surface area contributed by atoms with Gasteiger partial charge in [0, 0.05) is 72.7 Å². The second-order valence-corrected chi connectivity index (χ2v) is 23.0. The van der Waals surface area contributed by atoms with E-state index in [1.807, 2.05) is 0 Å². The molecule has 19 nitrogen and oxygen atoms in total. The molecule has 0 unspecified atom stereocenters. The molecule has 70 heavy (non-hydrogen) atoms. The van der Waals surface area contributed by atoms with Gasteiger partial charge in [0.05, 0.1) is 36.8 Å². The third-order valence-corrected chi connectivity index (χ3v) is 14.8. The van der Waals surface area contributed by atoms with E-state index in [0.717, 1.165) is 22.6 Å². The molecule has 0 bridgehead atoms. The van der Waals surface area contributed by atoms with E-state index in [0.29, 0.717) is 66.0 Å². The van der Waals surface area contributed by atoms with Gasteiger partial charge in [-0.15, -0.1) is 0 Å². The van der Waals surface area contributed by atoms with E-state index in [-0.39, 0.29) is 127 Å². The Morgan fingerprint density at radius 1 is 0.686 bits per heavy atom. The SMILES string of the molecule is CC1(C)C(=CC=CC(=CC=CC2=[N+](CCS(=O)(=O)[O-])c3ccc(S(=O)(=O)[O-])cc3C2(C)C)CCCCCCC(=O)NCCN2C(=O)C=CC2=O)N(CCS(=O)(=O)[O-])c2ccc(S(=O)(=O)[O-])cc21.[Na+].[Na+].[Na+]. The van der Waals surface area contributed by atoms with Gasteiger partial charge >= 0.3 is 88.7 Å². The Balaban J connectivity index is 0.00000560. The number of nitrogens with one attached hydrogen (secondary N) is 1. The Kier molecular flexibility index (Phi) is 23.7. The number of hydrogen-bond donors (Lipinski definition) is 1. The number of imide groups is 1. The molecule has 0 radical (unpaired) electrons. The largest absolute Gasteiger partial charge is 1.00 e. The van der Waals surface area contributed by atoms with Crippen LogP contribution < -0.4 is 98.9 Å². The van der Waals surface area contributed by atoms with Gasteiger partial charge < -0.3 is 28.4 Å². The van der Waals surface area contributed by atoms with Crippen molar-refractivity contribution < 1.29 is 160 Å². The molecule has 364 valence electrons. The number of amides is 3. The minimum atomic E-state index is -4.85. The van der Waals surface area contributed by atoms with E-state index in [1.165, 1.54) is 36.4 Å². The molecule has 0 saturated heterocycles. The van der Waals surface area contributed by atoms with E-state index < -0.39 is 84.4 Å². The molecule has 0 atom stereocenters. The standard InChI is InChI=1S/C44H54N4O15S4.3Na/c1-43(2)34-29-32(66(58,59)60)17-19-36(34)46(25-27-64(52,53)54)38(43)14-9-12-31(11-7-5-6-8-16-40(49)45-23-24-48-41(50)21-22-42(48)51)13-10-15-39-44(3,4)35-30-33(67(61,62)63)18-20-37(35)47(39)26-28-65(55,56)57;;;/h9-10,12-15,17-22,29-30H,5-8,11,16,23-28H2,1-4H3,(H4-,45,49,52,53,54,55,56,57,58,59,60,61,62,63);;;/q;3*+1/p-3. The Morgan fingerprint density at radius 2 is 1.24 bits per heavy atom. The van der Waals surface area contributed by atoms with E-state index >= 15 is 0 Å². The number of carbonyl (C=O) groups is 3. The van der Waals surface area contributed by atoms with Gasteiger partial charge in [0.15, 0.2) is 12.3 Å². The van der Waals surface area contributed by atoms with E-state index in [2.05, 4.69) is 5.32 Å². The predicted octanol–water partition coefficient (Wildman–Crippen LogP) is -5.92. The summed E-state index contributed by atoms with van der Waals surface area (Å²) in [6, 6.07) is 7.46. The molecule has 1 N–H and O–H groups in total. The zero-order valence-corrected chi connectivity index (χ0v) is 49.4. The van der Waals surface area contributed by atoms with E-state index in [9.17, 15) is 66.3 Å². The second-order valence-electron chi connectivity index (χ2n) is 17.2. The van der Waals surface area contributed by atoms with Crippen molar-refractivity contribution in [1.29, 1.82) is 0 Å². The molecule has 5 rings (SSSR count). The first kappa shape index (κ1) is 64.0. The fourth-order valence-corrected chi connectivity index (χ4v) is 10.1. The smallest absolute Gasteiger partial charge is 0.748 e. The van der Waals surface area contributed by atoms with Crippen LogP contribution in [0.3, 0.4) is 0 Å². The summed E-state index contributed by atoms with van der Waals surface area (Å²) in [5, 5.41) is 2.71. The molecule has 3 amide bonds. The molecule has 3 heterocycles. The minimum Gasteiger partial charge on any atom is -0.748 e. The van der Waals surface area contributed by atoms with Crippen molar-refractivity contribution >= 4 is 75.3 Å². The van der Waals surface area contributed by atoms with Crippen molar-refractivity contribution in [3.05, 3.63) is 107 Å². The van der Waals surface area contributed by atoms with Gasteiger partial charge in [0.2, 0.25) is 11.6 Å². The molecule has 0 saturated carbocycles. The number of unbranched alkanes of at least 4 members (excludes halogenated alkanes) is 3. The maximum absolute atomic E-state index is 12.4. The van der Waals surface area contributed by atoms with Crippen LogP contribution in [-0.2, 0) is 65.7 Å². The molecule has 0 aromatic heterocycles. The summed E-state index contributed by atoms with van der Waals surface area (Å²) in [6.07, 6.45) is 15.9. The summed E-state index contributed by atoms with van der Waals surface area (Å²) in [6.45, 7) is 6.64. The van der Waals surface area contributed by atoms with Gasteiger partial charge in [-0.05, 0) is 80.7 Å². The van der Waals surface area contributed by atoms with Crippen LogP contribution in [-0.4, -0.2) is 122 Å². The van der Waals surface area contributed by atoms with Gasteiger partial charge in [0.1, 0.15) is 30.4 Å². The van der Waals surface area contributed by atoms with Crippen LogP contribution in [0.4, 0.5) is 11.4 Å². The van der Waals surface area contributed by atoms with Crippen molar-refractivity contribution in [2.45, 2.75) is 86.8 Å². The van der Waals surface area contributed by atoms with E-state index in [4.69, 9.17) is 0 Å².